The van der Waals surface area contributed by atoms with Crippen LogP contribution in [0.4, 0.5) is 17.1 Å². The highest BCUT2D eigenvalue weighted by Gasteiger charge is 2.17. The van der Waals surface area contributed by atoms with Crippen LogP contribution in [0.2, 0.25) is 0 Å². The highest BCUT2D eigenvalue weighted by molar-refractivity contribution is 6.24. The summed E-state index contributed by atoms with van der Waals surface area (Å²) in [4.78, 5) is 2.31. The summed E-state index contributed by atoms with van der Waals surface area (Å²) in [5.74, 6) is 0. The van der Waals surface area contributed by atoms with Crippen LogP contribution < -0.4 is 4.90 Å². The molecule has 0 aliphatic carbocycles. The van der Waals surface area contributed by atoms with Crippen molar-refractivity contribution in [3.05, 3.63) is 200 Å². The molecular formula is C50H33NO. The molecule has 0 unspecified atom stereocenters. The SMILES string of the molecule is c1ccc(-c2cccc(-c3ccc(N(c4ccccc4)c4ccc(-c5cccc6c5oc5c6ccc6ccc7ccccc7c65)cc4)cc3)c2)cc1. The summed E-state index contributed by atoms with van der Waals surface area (Å²) >= 11 is 0. The summed E-state index contributed by atoms with van der Waals surface area (Å²) in [6.07, 6.45) is 0. The first kappa shape index (κ1) is 30.0. The van der Waals surface area contributed by atoms with Gasteiger partial charge in [0.25, 0.3) is 0 Å². The van der Waals surface area contributed by atoms with Crippen molar-refractivity contribution in [1.29, 1.82) is 0 Å². The maximum atomic E-state index is 6.85. The number of nitrogens with zero attached hydrogens (tertiary/aromatic N) is 1. The van der Waals surface area contributed by atoms with Gasteiger partial charge in [-0.15, -0.1) is 0 Å². The first-order chi connectivity index (χ1) is 25.8. The van der Waals surface area contributed by atoms with E-state index < -0.39 is 0 Å². The van der Waals surface area contributed by atoms with Crippen molar-refractivity contribution in [3.8, 4) is 33.4 Å². The van der Waals surface area contributed by atoms with Crippen LogP contribution in [0.1, 0.15) is 0 Å². The Labute approximate surface area is 302 Å². The van der Waals surface area contributed by atoms with Crippen molar-refractivity contribution < 1.29 is 4.42 Å². The van der Waals surface area contributed by atoms with Crippen molar-refractivity contribution >= 4 is 60.5 Å². The van der Waals surface area contributed by atoms with E-state index in [9.17, 15) is 0 Å². The van der Waals surface area contributed by atoms with Crippen molar-refractivity contribution in [2.75, 3.05) is 4.90 Å². The summed E-state index contributed by atoms with van der Waals surface area (Å²) in [5, 5.41) is 7.06. The maximum Gasteiger partial charge on any atom is 0.143 e. The van der Waals surface area contributed by atoms with Gasteiger partial charge < -0.3 is 9.32 Å². The molecule has 2 heteroatoms. The zero-order valence-electron chi connectivity index (χ0n) is 28.4. The molecule has 0 saturated carbocycles. The topological polar surface area (TPSA) is 16.4 Å². The van der Waals surface area contributed by atoms with Crippen molar-refractivity contribution in [2.45, 2.75) is 0 Å². The van der Waals surface area contributed by atoms with Crippen molar-refractivity contribution in [1.82, 2.24) is 0 Å². The zero-order chi connectivity index (χ0) is 34.4. The van der Waals surface area contributed by atoms with Gasteiger partial charge in [-0.1, -0.05) is 152 Å². The molecule has 1 heterocycles. The summed E-state index contributed by atoms with van der Waals surface area (Å²) in [6.45, 7) is 0. The Morgan fingerprint density at radius 3 is 1.58 bits per heavy atom. The van der Waals surface area contributed by atoms with Crippen LogP contribution in [0.5, 0.6) is 0 Å². The Balaban J connectivity index is 1.03. The third kappa shape index (κ3) is 5.12. The van der Waals surface area contributed by atoms with E-state index in [1.165, 1.54) is 43.8 Å². The minimum Gasteiger partial charge on any atom is -0.455 e. The Morgan fingerprint density at radius 1 is 0.308 bits per heavy atom. The normalized spacial score (nSPS) is 11.5. The number of fused-ring (bicyclic) bond motifs is 7. The highest BCUT2D eigenvalue weighted by atomic mass is 16.3. The standard InChI is InChI=1S/C50H33NO/c1-3-11-34(12-4-1)39-14-9-15-40(33-39)35-23-28-42(29-24-35)51(41-16-5-2-6-17-41)43-30-25-37(26-31-43)45-19-10-20-46-47-32-27-38-22-21-36-13-7-8-18-44(36)48(38)50(47)52-49(45)46/h1-33H. The molecule has 0 atom stereocenters. The quantitative estimate of drug-likeness (QED) is 0.165. The van der Waals surface area contributed by atoms with Crippen LogP contribution in [0.3, 0.4) is 0 Å². The third-order valence-corrected chi connectivity index (χ3v) is 10.3. The Kier molecular flexibility index (Phi) is 7.18. The minimum atomic E-state index is 0.914. The number of furan rings is 1. The molecule has 0 aliphatic heterocycles. The van der Waals surface area contributed by atoms with E-state index in [-0.39, 0.29) is 0 Å². The lowest BCUT2D eigenvalue weighted by atomic mass is 9.98. The molecule has 0 N–H and O–H groups in total. The predicted molar refractivity (Wildman–Crippen MR) is 220 cm³/mol. The molecule has 10 aromatic rings. The van der Waals surface area contributed by atoms with Gasteiger partial charge in [0, 0.05) is 38.8 Å². The maximum absolute atomic E-state index is 6.85. The monoisotopic (exact) mass is 663 g/mol. The second-order valence-electron chi connectivity index (χ2n) is 13.3. The molecule has 0 radical (unpaired) electrons. The van der Waals surface area contributed by atoms with Gasteiger partial charge >= 0.3 is 0 Å². The highest BCUT2D eigenvalue weighted by Crippen LogP contribution is 2.42. The summed E-state index contributed by atoms with van der Waals surface area (Å²) < 4.78 is 6.85. The van der Waals surface area contributed by atoms with Crippen molar-refractivity contribution in [2.24, 2.45) is 0 Å². The Morgan fingerprint density at radius 2 is 0.827 bits per heavy atom. The van der Waals surface area contributed by atoms with Gasteiger partial charge in [0.05, 0.1) is 0 Å². The number of hydrogen-bond donors (Lipinski definition) is 0. The first-order valence-corrected chi connectivity index (χ1v) is 17.8. The van der Waals surface area contributed by atoms with E-state index in [4.69, 9.17) is 4.42 Å². The molecule has 0 fully saturated rings. The lowest BCUT2D eigenvalue weighted by Crippen LogP contribution is -2.09. The van der Waals surface area contributed by atoms with E-state index in [1.54, 1.807) is 0 Å². The van der Waals surface area contributed by atoms with E-state index >= 15 is 0 Å². The Bertz CT molecular complexity index is 2870. The van der Waals surface area contributed by atoms with Crippen LogP contribution in [0.25, 0.3) is 76.9 Å². The molecule has 2 nitrogen and oxygen atoms in total. The molecule has 0 aliphatic rings. The Hall–Kier alpha value is -6.90. The lowest BCUT2D eigenvalue weighted by Gasteiger charge is -2.26. The minimum absolute atomic E-state index is 0.914. The van der Waals surface area contributed by atoms with Crippen LogP contribution >= 0.6 is 0 Å². The number of benzene rings is 9. The summed E-state index contributed by atoms with van der Waals surface area (Å²) in [7, 11) is 0. The fraction of sp³-hybridized carbons (Fsp3) is 0. The lowest BCUT2D eigenvalue weighted by molar-refractivity contribution is 0.674. The molecule has 0 bridgehead atoms. The third-order valence-electron chi connectivity index (χ3n) is 10.3. The molecule has 52 heavy (non-hydrogen) atoms. The largest absolute Gasteiger partial charge is 0.455 e. The second-order valence-corrected chi connectivity index (χ2v) is 13.3. The van der Waals surface area contributed by atoms with Gasteiger partial charge in [-0.25, -0.2) is 0 Å². The average molecular weight is 664 g/mol. The predicted octanol–water partition coefficient (Wildman–Crippen LogP) is 14.4. The fourth-order valence-corrected chi connectivity index (χ4v) is 7.70. The van der Waals surface area contributed by atoms with Gasteiger partial charge in [-0.05, 0) is 92.5 Å². The van der Waals surface area contributed by atoms with Crippen molar-refractivity contribution in [3.63, 3.8) is 0 Å². The van der Waals surface area contributed by atoms with Crippen LogP contribution in [-0.2, 0) is 0 Å². The second kappa shape index (κ2) is 12.5. The van der Waals surface area contributed by atoms with Crippen LogP contribution in [0, 0.1) is 0 Å². The molecule has 1 aromatic heterocycles. The molecule has 0 spiro atoms. The molecule has 244 valence electrons. The number of para-hydroxylation sites is 2. The number of rotatable bonds is 6. The first-order valence-electron chi connectivity index (χ1n) is 17.8. The smallest absolute Gasteiger partial charge is 0.143 e. The molecular weight excluding hydrogens is 631 g/mol. The van der Waals surface area contributed by atoms with E-state index in [0.717, 1.165) is 50.1 Å². The molecule has 0 saturated heterocycles. The van der Waals surface area contributed by atoms with E-state index in [1.807, 2.05) is 0 Å². The fourth-order valence-electron chi connectivity index (χ4n) is 7.70. The number of hydrogen-bond acceptors (Lipinski definition) is 2. The van der Waals surface area contributed by atoms with E-state index in [0.29, 0.717) is 0 Å². The van der Waals surface area contributed by atoms with Crippen LogP contribution in [-0.4, -0.2) is 0 Å². The zero-order valence-corrected chi connectivity index (χ0v) is 28.4. The van der Waals surface area contributed by atoms with Gasteiger partial charge in [-0.3, -0.25) is 0 Å². The van der Waals surface area contributed by atoms with Gasteiger partial charge in [-0.2, -0.15) is 0 Å². The van der Waals surface area contributed by atoms with Gasteiger partial charge in [0.15, 0.2) is 0 Å². The summed E-state index contributed by atoms with van der Waals surface area (Å²) in [5.41, 5.74) is 12.2. The van der Waals surface area contributed by atoms with Crippen LogP contribution in [0.15, 0.2) is 205 Å². The summed E-state index contributed by atoms with van der Waals surface area (Å²) in [6, 6.07) is 71.5. The molecule has 0 amide bonds. The average Bonchev–Trinajstić information content (AvgIpc) is 3.61. The molecule has 10 rings (SSSR count). The van der Waals surface area contributed by atoms with Gasteiger partial charge in [0.1, 0.15) is 11.2 Å². The molecule has 9 aromatic carbocycles. The number of anilines is 3. The van der Waals surface area contributed by atoms with Gasteiger partial charge in [0.2, 0.25) is 0 Å². The van der Waals surface area contributed by atoms with E-state index in [2.05, 4.69) is 205 Å².